The topological polar surface area (TPSA) is 55.1 Å². The number of anilines is 1. The number of aryl methyl sites for hydroxylation is 1. The summed E-state index contributed by atoms with van der Waals surface area (Å²) in [6, 6.07) is 12.2. The summed E-state index contributed by atoms with van der Waals surface area (Å²) in [5.41, 5.74) is 8.84. The number of hydrogen-bond donors (Lipinski definition) is 2. The van der Waals surface area contributed by atoms with E-state index in [0.717, 1.165) is 29.7 Å². The highest BCUT2D eigenvalue weighted by atomic mass is 19.1. The number of amides is 1. The van der Waals surface area contributed by atoms with E-state index in [0.29, 0.717) is 5.56 Å². The average molecular weight is 270 g/mol. The van der Waals surface area contributed by atoms with Gasteiger partial charge < -0.3 is 11.1 Å². The molecule has 1 atom stereocenters. The van der Waals surface area contributed by atoms with E-state index in [1.165, 1.54) is 6.07 Å². The van der Waals surface area contributed by atoms with Crippen LogP contribution in [-0.2, 0) is 6.42 Å². The monoisotopic (exact) mass is 270 g/mol. The van der Waals surface area contributed by atoms with Crippen molar-refractivity contribution in [2.75, 3.05) is 5.32 Å². The van der Waals surface area contributed by atoms with Gasteiger partial charge in [0.05, 0.1) is 6.04 Å². The molecular weight excluding hydrogens is 255 g/mol. The van der Waals surface area contributed by atoms with Gasteiger partial charge in [-0.15, -0.1) is 0 Å². The minimum Gasteiger partial charge on any atom is -0.378 e. The fourth-order valence-corrected chi connectivity index (χ4v) is 2.67. The van der Waals surface area contributed by atoms with Crippen molar-refractivity contribution in [2.24, 2.45) is 5.73 Å². The Labute approximate surface area is 116 Å². The first-order valence-electron chi connectivity index (χ1n) is 6.58. The Balaban J connectivity index is 1.78. The Morgan fingerprint density at radius 2 is 1.95 bits per heavy atom. The van der Waals surface area contributed by atoms with Gasteiger partial charge in [-0.2, -0.15) is 0 Å². The van der Waals surface area contributed by atoms with Crippen molar-refractivity contribution in [3.05, 3.63) is 65.0 Å². The first-order valence-corrected chi connectivity index (χ1v) is 6.58. The lowest BCUT2D eigenvalue weighted by Crippen LogP contribution is -2.11. The van der Waals surface area contributed by atoms with Crippen LogP contribution < -0.4 is 11.1 Å². The smallest absolute Gasteiger partial charge is 0.248 e. The van der Waals surface area contributed by atoms with E-state index in [-0.39, 0.29) is 11.9 Å². The molecule has 0 aromatic heterocycles. The van der Waals surface area contributed by atoms with Gasteiger partial charge in [-0.3, -0.25) is 4.79 Å². The van der Waals surface area contributed by atoms with Gasteiger partial charge in [0.2, 0.25) is 5.91 Å². The maximum Gasteiger partial charge on any atom is 0.248 e. The molecule has 0 saturated heterocycles. The Morgan fingerprint density at radius 1 is 1.20 bits per heavy atom. The molecule has 1 unspecified atom stereocenters. The Kier molecular flexibility index (Phi) is 3.14. The number of hydrogen-bond acceptors (Lipinski definition) is 2. The predicted octanol–water partition coefficient (Wildman–Crippen LogP) is 3.02. The summed E-state index contributed by atoms with van der Waals surface area (Å²) in [6.45, 7) is 0. The molecule has 2 aromatic rings. The first-order chi connectivity index (χ1) is 9.63. The van der Waals surface area contributed by atoms with E-state index in [9.17, 15) is 9.18 Å². The van der Waals surface area contributed by atoms with Crippen molar-refractivity contribution < 1.29 is 9.18 Å². The number of rotatable bonds is 3. The lowest BCUT2D eigenvalue weighted by molar-refractivity contribution is 0.100. The van der Waals surface area contributed by atoms with Gasteiger partial charge >= 0.3 is 0 Å². The zero-order valence-corrected chi connectivity index (χ0v) is 10.9. The normalized spacial score (nSPS) is 16.8. The summed E-state index contributed by atoms with van der Waals surface area (Å²) in [4.78, 5) is 11.0. The Bertz CT molecular complexity index is 652. The van der Waals surface area contributed by atoms with E-state index in [1.54, 1.807) is 18.2 Å². The van der Waals surface area contributed by atoms with Gasteiger partial charge in [-0.25, -0.2) is 4.39 Å². The zero-order chi connectivity index (χ0) is 14.1. The molecule has 0 aliphatic heterocycles. The molecule has 0 radical (unpaired) electrons. The highest BCUT2D eigenvalue weighted by Gasteiger charge is 2.22. The SMILES string of the molecule is NC(=O)c1ccc(NC2CCc3cc(F)ccc32)cc1. The number of nitrogens with one attached hydrogen (secondary N) is 1. The van der Waals surface area contributed by atoms with Gasteiger partial charge in [0.15, 0.2) is 0 Å². The molecule has 0 bridgehead atoms. The molecule has 1 aliphatic rings. The average Bonchev–Trinajstić information content (AvgIpc) is 2.81. The lowest BCUT2D eigenvalue weighted by atomic mass is 10.1. The van der Waals surface area contributed by atoms with Crippen LogP contribution in [0.25, 0.3) is 0 Å². The maximum absolute atomic E-state index is 13.2. The van der Waals surface area contributed by atoms with Crippen LogP contribution in [0.4, 0.5) is 10.1 Å². The molecular formula is C16H15FN2O. The maximum atomic E-state index is 13.2. The van der Waals surface area contributed by atoms with Crippen LogP contribution in [0.15, 0.2) is 42.5 Å². The van der Waals surface area contributed by atoms with Crippen LogP contribution in [-0.4, -0.2) is 5.91 Å². The molecule has 0 saturated carbocycles. The number of benzene rings is 2. The predicted molar refractivity (Wildman–Crippen MR) is 76.0 cm³/mol. The van der Waals surface area contributed by atoms with Crippen molar-refractivity contribution in [1.29, 1.82) is 0 Å². The fourth-order valence-electron chi connectivity index (χ4n) is 2.67. The molecule has 1 aliphatic carbocycles. The Hall–Kier alpha value is -2.36. The number of halogens is 1. The van der Waals surface area contributed by atoms with Gasteiger partial charge in [-0.1, -0.05) is 6.07 Å². The lowest BCUT2D eigenvalue weighted by Gasteiger charge is -2.15. The molecule has 0 fully saturated rings. The van der Waals surface area contributed by atoms with E-state index in [2.05, 4.69) is 5.32 Å². The van der Waals surface area contributed by atoms with Crippen molar-refractivity contribution in [3.8, 4) is 0 Å². The zero-order valence-electron chi connectivity index (χ0n) is 10.9. The second-order valence-electron chi connectivity index (χ2n) is 5.02. The van der Waals surface area contributed by atoms with Crippen molar-refractivity contribution in [3.63, 3.8) is 0 Å². The summed E-state index contributed by atoms with van der Waals surface area (Å²) in [6.07, 6.45) is 1.82. The summed E-state index contributed by atoms with van der Waals surface area (Å²) < 4.78 is 13.2. The van der Waals surface area contributed by atoms with Gasteiger partial charge in [0, 0.05) is 11.3 Å². The highest BCUT2D eigenvalue weighted by Crippen LogP contribution is 2.34. The van der Waals surface area contributed by atoms with E-state index < -0.39 is 5.91 Å². The van der Waals surface area contributed by atoms with Crippen LogP contribution >= 0.6 is 0 Å². The van der Waals surface area contributed by atoms with Crippen molar-refractivity contribution in [1.82, 2.24) is 0 Å². The molecule has 20 heavy (non-hydrogen) atoms. The minimum atomic E-state index is -0.432. The number of carbonyl (C=O) groups is 1. The molecule has 3 nitrogen and oxygen atoms in total. The van der Waals surface area contributed by atoms with Crippen LogP contribution in [0.2, 0.25) is 0 Å². The van der Waals surface area contributed by atoms with Gasteiger partial charge in [0.25, 0.3) is 0 Å². The number of nitrogens with two attached hydrogens (primary N) is 1. The quantitative estimate of drug-likeness (QED) is 0.900. The van der Waals surface area contributed by atoms with Gasteiger partial charge in [0.1, 0.15) is 5.82 Å². The summed E-state index contributed by atoms with van der Waals surface area (Å²) in [5.74, 6) is -0.617. The molecule has 4 heteroatoms. The molecule has 0 heterocycles. The van der Waals surface area contributed by atoms with E-state index in [1.807, 2.05) is 18.2 Å². The Morgan fingerprint density at radius 3 is 2.65 bits per heavy atom. The van der Waals surface area contributed by atoms with Crippen LogP contribution in [0.1, 0.15) is 33.9 Å². The van der Waals surface area contributed by atoms with Crippen LogP contribution in [0.5, 0.6) is 0 Å². The fraction of sp³-hybridized carbons (Fsp3) is 0.188. The van der Waals surface area contributed by atoms with Crippen LogP contribution in [0.3, 0.4) is 0 Å². The summed E-state index contributed by atoms with van der Waals surface area (Å²) in [5, 5.41) is 3.41. The third-order valence-electron chi connectivity index (χ3n) is 3.69. The van der Waals surface area contributed by atoms with Crippen molar-refractivity contribution >= 4 is 11.6 Å². The highest BCUT2D eigenvalue weighted by molar-refractivity contribution is 5.93. The van der Waals surface area contributed by atoms with E-state index >= 15 is 0 Å². The molecule has 3 rings (SSSR count). The number of primary amides is 1. The molecule has 1 amide bonds. The first kappa shape index (κ1) is 12.7. The van der Waals surface area contributed by atoms with Crippen molar-refractivity contribution in [2.45, 2.75) is 18.9 Å². The standard InChI is InChI=1S/C16H15FN2O/c17-12-4-7-14-11(9-12)3-8-15(14)19-13-5-1-10(2-6-13)16(18)20/h1-2,4-7,9,15,19H,3,8H2,(H2,18,20). The minimum absolute atomic E-state index is 0.185. The molecule has 0 spiro atoms. The third kappa shape index (κ3) is 2.37. The third-order valence-corrected chi connectivity index (χ3v) is 3.69. The van der Waals surface area contributed by atoms with E-state index in [4.69, 9.17) is 5.73 Å². The number of fused-ring (bicyclic) bond motifs is 1. The molecule has 3 N–H and O–H groups in total. The second kappa shape index (κ2) is 4.96. The largest absolute Gasteiger partial charge is 0.378 e. The molecule has 2 aromatic carbocycles. The van der Waals surface area contributed by atoms with Gasteiger partial charge in [-0.05, 0) is 60.4 Å². The summed E-state index contributed by atoms with van der Waals surface area (Å²) in [7, 11) is 0. The second-order valence-corrected chi connectivity index (χ2v) is 5.02. The number of carbonyl (C=O) groups excluding carboxylic acids is 1. The molecule has 102 valence electrons. The summed E-state index contributed by atoms with van der Waals surface area (Å²) >= 11 is 0. The van der Waals surface area contributed by atoms with Crippen LogP contribution in [0, 0.1) is 5.82 Å².